The lowest BCUT2D eigenvalue weighted by Gasteiger charge is -2.08. The number of nitro groups is 1. The van der Waals surface area contributed by atoms with Crippen molar-refractivity contribution >= 4 is 11.4 Å². The summed E-state index contributed by atoms with van der Waals surface area (Å²) in [5.74, 6) is 0. The highest BCUT2D eigenvalue weighted by molar-refractivity contribution is 5.47. The Morgan fingerprint density at radius 3 is 2.35 bits per heavy atom. The number of hydrogen-bond acceptors (Lipinski definition) is 3. The molecule has 0 atom stereocenters. The van der Waals surface area contributed by atoms with E-state index in [1.54, 1.807) is 19.1 Å². The lowest BCUT2D eigenvalue weighted by molar-refractivity contribution is -0.385. The molecule has 0 aliphatic carbocycles. The van der Waals surface area contributed by atoms with Crippen LogP contribution in [0.5, 0.6) is 0 Å². The molecule has 0 radical (unpaired) electrons. The Balaban J connectivity index is 2.06. The third-order valence-corrected chi connectivity index (χ3v) is 3.33. The van der Waals surface area contributed by atoms with Crippen molar-refractivity contribution in [2.75, 3.05) is 5.32 Å². The van der Waals surface area contributed by atoms with E-state index < -0.39 is 0 Å². The predicted octanol–water partition coefficient (Wildman–Crippen LogP) is 4.08. The zero-order chi connectivity index (χ0) is 14.5. The van der Waals surface area contributed by atoms with E-state index in [2.05, 4.69) is 24.4 Å². The quantitative estimate of drug-likeness (QED) is 0.658. The molecular weight excluding hydrogens is 252 g/mol. The second kappa shape index (κ2) is 6.19. The molecule has 0 fully saturated rings. The van der Waals surface area contributed by atoms with Crippen LogP contribution in [0.15, 0.2) is 42.5 Å². The predicted molar refractivity (Wildman–Crippen MR) is 81.0 cm³/mol. The normalized spacial score (nSPS) is 10.3. The van der Waals surface area contributed by atoms with Gasteiger partial charge in [-0.2, -0.15) is 0 Å². The molecule has 0 saturated carbocycles. The van der Waals surface area contributed by atoms with Gasteiger partial charge in [0.25, 0.3) is 5.69 Å². The number of rotatable bonds is 5. The van der Waals surface area contributed by atoms with E-state index in [-0.39, 0.29) is 10.6 Å². The van der Waals surface area contributed by atoms with Gasteiger partial charge in [0.15, 0.2) is 0 Å². The minimum atomic E-state index is -0.338. The molecule has 0 spiro atoms. The molecular formula is C16H18N2O2. The zero-order valence-electron chi connectivity index (χ0n) is 11.7. The van der Waals surface area contributed by atoms with Crippen LogP contribution in [0, 0.1) is 17.0 Å². The molecule has 0 bridgehead atoms. The minimum absolute atomic E-state index is 0.172. The first-order chi connectivity index (χ1) is 9.60. The molecule has 0 aliphatic heterocycles. The molecule has 1 N–H and O–H groups in total. The van der Waals surface area contributed by atoms with E-state index in [1.165, 1.54) is 5.56 Å². The number of nitro benzene ring substituents is 1. The van der Waals surface area contributed by atoms with Crippen molar-refractivity contribution in [1.29, 1.82) is 0 Å². The highest BCUT2D eigenvalue weighted by Crippen LogP contribution is 2.20. The summed E-state index contributed by atoms with van der Waals surface area (Å²) >= 11 is 0. The first-order valence-electron chi connectivity index (χ1n) is 6.67. The van der Waals surface area contributed by atoms with Crippen molar-refractivity contribution < 1.29 is 4.92 Å². The molecule has 0 aromatic heterocycles. The summed E-state index contributed by atoms with van der Waals surface area (Å²) in [4.78, 5) is 10.6. The van der Waals surface area contributed by atoms with Crippen LogP contribution < -0.4 is 5.32 Å². The van der Waals surface area contributed by atoms with Gasteiger partial charge in [0, 0.05) is 23.9 Å². The molecule has 20 heavy (non-hydrogen) atoms. The van der Waals surface area contributed by atoms with Crippen molar-refractivity contribution in [3.63, 3.8) is 0 Å². The van der Waals surface area contributed by atoms with Crippen molar-refractivity contribution in [3.8, 4) is 0 Å². The first-order valence-corrected chi connectivity index (χ1v) is 6.67. The van der Waals surface area contributed by atoms with E-state index in [0.29, 0.717) is 12.1 Å². The number of hydrogen-bond donors (Lipinski definition) is 1. The van der Waals surface area contributed by atoms with E-state index in [9.17, 15) is 10.1 Å². The van der Waals surface area contributed by atoms with Crippen molar-refractivity contribution in [2.45, 2.75) is 26.8 Å². The summed E-state index contributed by atoms with van der Waals surface area (Å²) in [6.07, 6.45) is 1.02. The van der Waals surface area contributed by atoms with E-state index in [4.69, 9.17) is 0 Å². The number of nitrogens with zero attached hydrogens (tertiary/aromatic N) is 1. The van der Waals surface area contributed by atoms with E-state index in [0.717, 1.165) is 17.7 Å². The fourth-order valence-electron chi connectivity index (χ4n) is 2.02. The molecule has 2 aromatic rings. The molecule has 4 heteroatoms. The van der Waals surface area contributed by atoms with Gasteiger partial charge in [-0.15, -0.1) is 0 Å². The van der Waals surface area contributed by atoms with Gasteiger partial charge in [-0.25, -0.2) is 0 Å². The van der Waals surface area contributed by atoms with Crippen LogP contribution in [-0.2, 0) is 13.0 Å². The Labute approximate surface area is 118 Å². The van der Waals surface area contributed by atoms with E-state index >= 15 is 0 Å². The summed E-state index contributed by atoms with van der Waals surface area (Å²) < 4.78 is 0. The highest BCUT2D eigenvalue weighted by Gasteiger charge is 2.10. The summed E-state index contributed by atoms with van der Waals surface area (Å²) in [7, 11) is 0. The maximum Gasteiger partial charge on any atom is 0.272 e. The number of benzene rings is 2. The van der Waals surface area contributed by atoms with Crippen LogP contribution in [0.2, 0.25) is 0 Å². The standard InChI is InChI=1S/C16H18N2O2/c1-3-13-6-8-15(9-7-13)17-11-14-5-4-12(2)16(10-14)18(19)20/h4-10,17H,3,11H2,1-2H3. The maximum atomic E-state index is 10.9. The molecule has 0 amide bonds. The lowest BCUT2D eigenvalue weighted by Crippen LogP contribution is -2.01. The van der Waals surface area contributed by atoms with Gasteiger partial charge in [-0.3, -0.25) is 10.1 Å². The first kappa shape index (κ1) is 14.1. The Morgan fingerprint density at radius 1 is 1.10 bits per heavy atom. The average Bonchev–Trinajstić information content (AvgIpc) is 2.46. The fraction of sp³-hybridized carbons (Fsp3) is 0.250. The average molecular weight is 270 g/mol. The Kier molecular flexibility index (Phi) is 4.35. The van der Waals surface area contributed by atoms with Gasteiger partial charge in [0.1, 0.15) is 0 Å². The van der Waals surface area contributed by atoms with Crippen LogP contribution >= 0.6 is 0 Å². The maximum absolute atomic E-state index is 10.9. The molecule has 104 valence electrons. The molecule has 0 unspecified atom stereocenters. The molecule has 0 heterocycles. The van der Waals surface area contributed by atoms with Gasteiger partial charge in [-0.05, 0) is 36.6 Å². The lowest BCUT2D eigenvalue weighted by atomic mass is 10.1. The molecule has 2 rings (SSSR count). The summed E-state index contributed by atoms with van der Waals surface area (Å²) in [5, 5.41) is 14.2. The van der Waals surface area contributed by atoms with Crippen LogP contribution in [0.1, 0.15) is 23.6 Å². The van der Waals surface area contributed by atoms with Crippen molar-refractivity contribution in [3.05, 3.63) is 69.3 Å². The van der Waals surface area contributed by atoms with Gasteiger partial charge in [0.05, 0.1) is 4.92 Å². The number of aryl methyl sites for hydroxylation is 2. The van der Waals surface area contributed by atoms with Gasteiger partial charge in [0.2, 0.25) is 0 Å². The summed E-state index contributed by atoms with van der Waals surface area (Å²) in [6.45, 7) is 4.44. The number of anilines is 1. The summed E-state index contributed by atoms with van der Waals surface area (Å²) in [5.41, 5.74) is 4.07. The second-order valence-corrected chi connectivity index (χ2v) is 4.78. The van der Waals surface area contributed by atoms with Crippen molar-refractivity contribution in [2.24, 2.45) is 0 Å². The Bertz CT molecular complexity index is 606. The van der Waals surface area contributed by atoms with Crippen LogP contribution in [-0.4, -0.2) is 4.92 Å². The van der Waals surface area contributed by atoms with Gasteiger partial charge >= 0.3 is 0 Å². The molecule has 0 aliphatic rings. The molecule has 4 nitrogen and oxygen atoms in total. The van der Waals surface area contributed by atoms with Gasteiger partial charge < -0.3 is 5.32 Å². The second-order valence-electron chi connectivity index (χ2n) is 4.78. The van der Waals surface area contributed by atoms with E-state index in [1.807, 2.05) is 18.2 Å². The van der Waals surface area contributed by atoms with Crippen molar-refractivity contribution in [1.82, 2.24) is 0 Å². The Hall–Kier alpha value is -2.36. The molecule has 0 saturated heterocycles. The third kappa shape index (κ3) is 3.35. The monoisotopic (exact) mass is 270 g/mol. The molecule has 2 aromatic carbocycles. The summed E-state index contributed by atoms with van der Waals surface area (Å²) in [6, 6.07) is 13.6. The zero-order valence-corrected chi connectivity index (χ0v) is 11.7. The van der Waals surface area contributed by atoms with Crippen LogP contribution in [0.25, 0.3) is 0 Å². The smallest absolute Gasteiger partial charge is 0.272 e. The topological polar surface area (TPSA) is 55.2 Å². The fourth-order valence-corrected chi connectivity index (χ4v) is 2.02. The third-order valence-electron chi connectivity index (χ3n) is 3.33. The minimum Gasteiger partial charge on any atom is -0.381 e. The number of nitrogens with one attached hydrogen (secondary N) is 1. The van der Waals surface area contributed by atoms with Crippen LogP contribution in [0.3, 0.4) is 0 Å². The van der Waals surface area contributed by atoms with Crippen LogP contribution in [0.4, 0.5) is 11.4 Å². The largest absolute Gasteiger partial charge is 0.381 e. The van der Waals surface area contributed by atoms with Gasteiger partial charge in [-0.1, -0.05) is 31.2 Å². The highest BCUT2D eigenvalue weighted by atomic mass is 16.6. The SMILES string of the molecule is CCc1ccc(NCc2ccc(C)c([N+](=O)[O-])c2)cc1. The Morgan fingerprint density at radius 2 is 1.75 bits per heavy atom.